The van der Waals surface area contributed by atoms with Gasteiger partial charge in [0, 0.05) is 19.8 Å². The fourth-order valence-electron chi connectivity index (χ4n) is 2.51. The lowest BCUT2D eigenvalue weighted by molar-refractivity contribution is -0.113. The molecule has 2 aromatic rings. The van der Waals surface area contributed by atoms with Crippen LogP contribution >= 0.6 is 11.8 Å². The number of para-hydroxylation sites is 2. The minimum atomic E-state index is -0.337. The minimum absolute atomic E-state index is 0.328. The zero-order chi connectivity index (χ0) is 18.0. The van der Waals surface area contributed by atoms with E-state index < -0.39 is 0 Å². The molecule has 5 nitrogen and oxygen atoms in total. The fraction of sp³-hybridized carbons (Fsp3) is 0.158. The third-order valence-corrected chi connectivity index (χ3v) is 4.70. The van der Waals surface area contributed by atoms with Crippen LogP contribution in [0.1, 0.15) is 5.56 Å². The third kappa shape index (κ3) is 3.39. The first-order valence-electron chi connectivity index (χ1n) is 7.69. The first-order valence-corrected chi connectivity index (χ1v) is 8.51. The standard InChI is InChI=1S/C19H18N2O3S/c1-20(2)14-10-8-13(9-11-14)12-17-18(22)21(19(23)25-17)15-6-4-5-7-16(15)24-3/h4-12H,1-3H3/b17-12-. The van der Waals surface area contributed by atoms with Gasteiger partial charge in [-0.3, -0.25) is 9.59 Å². The summed E-state index contributed by atoms with van der Waals surface area (Å²) >= 11 is 0.934. The number of anilines is 2. The number of carbonyl (C=O) groups excluding carboxylic acids is 2. The van der Waals surface area contributed by atoms with E-state index in [4.69, 9.17) is 4.74 Å². The number of carbonyl (C=O) groups is 2. The second-order valence-corrected chi connectivity index (χ2v) is 6.67. The van der Waals surface area contributed by atoms with E-state index in [1.807, 2.05) is 43.3 Å². The Hall–Kier alpha value is -2.73. The quantitative estimate of drug-likeness (QED) is 0.777. The number of ether oxygens (including phenoxy) is 1. The average Bonchev–Trinajstić information content (AvgIpc) is 2.89. The Morgan fingerprint density at radius 3 is 2.36 bits per heavy atom. The second-order valence-electron chi connectivity index (χ2n) is 5.67. The van der Waals surface area contributed by atoms with Crippen molar-refractivity contribution in [2.75, 3.05) is 31.0 Å². The van der Waals surface area contributed by atoms with Crippen molar-refractivity contribution < 1.29 is 14.3 Å². The molecule has 128 valence electrons. The predicted octanol–water partition coefficient (Wildman–Crippen LogP) is 4.00. The Kier molecular flexibility index (Phi) is 4.81. The van der Waals surface area contributed by atoms with Gasteiger partial charge in [0.2, 0.25) is 0 Å². The smallest absolute Gasteiger partial charge is 0.298 e. The maximum atomic E-state index is 12.7. The molecule has 0 spiro atoms. The van der Waals surface area contributed by atoms with Crippen molar-refractivity contribution in [3.05, 3.63) is 59.0 Å². The predicted molar refractivity (Wildman–Crippen MR) is 102 cm³/mol. The molecule has 1 saturated heterocycles. The molecule has 0 atom stereocenters. The van der Waals surface area contributed by atoms with Crippen LogP contribution in [0, 0.1) is 0 Å². The molecule has 0 bridgehead atoms. The van der Waals surface area contributed by atoms with Crippen molar-refractivity contribution in [2.45, 2.75) is 0 Å². The Bertz CT molecular complexity index is 844. The Morgan fingerprint density at radius 1 is 1.04 bits per heavy atom. The summed E-state index contributed by atoms with van der Waals surface area (Å²) in [6.45, 7) is 0. The molecule has 0 radical (unpaired) electrons. The van der Waals surface area contributed by atoms with Crippen molar-refractivity contribution >= 4 is 40.4 Å². The summed E-state index contributed by atoms with van der Waals surface area (Å²) < 4.78 is 5.26. The number of benzene rings is 2. The van der Waals surface area contributed by atoms with Crippen molar-refractivity contribution in [3.8, 4) is 5.75 Å². The lowest BCUT2D eigenvalue weighted by Gasteiger charge is -2.15. The van der Waals surface area contributed by atoms with Crippen molar-refractivity contribution in [1.29, 1.82) is 0 Å². The summed E-state index contributed by atoms with van der Waals surface area (Å²) in [5, 5.41) is -0.328. The molecule has 2 amide bonds. The van der Waals surface area contributed by atoms with Gasteiger partial charge < -0.3 is 9.64 Å². The highest BCUT2D eigenvalue weighted by atomic mass is 32.2. The largest absolute Gasteiger partial charge is 0.495 e. The summed E-state index contributed by atoms with van der Waals surface area (Å²) in [4.78, 5) is 28.6. The number of thioether (sulfide) groups is 1. The summed E-state index contributed by atoms with van der Waals surface area (Å²) in [5.41, 5.74) is 2.40. The van der Waals surface area contributed by atoms with E-state index in [0.717, 1.165) is 27.9 Å². The summed E-state index contributed by atoms with van der Waals surface area (Å²) in [7, 11) is 5.45. The zero-order valence-electron chi connectivity index (χ0n) is 14.2. The third-order valence-electron chi connectivity index (χ3n) is 3.83. The van der Waals surface area contributed by atoms with Gasteiger partial charge in [-0.25, -0.2) is 4.90 Å². The minimum Gasteiger partial charge on any atom is -0.495 e. The number of imide groups is 1. The molecule has 1 heterocycles. The van der Waals surface area contributed by atoms with E-state index in [9.17, 15) is 9.59 Å². The number of rotatable bonds is 4. The van der Waals surface area contributed by atoms with E-state index >= 15 is 0 Å². The van der Waals surface area contributed by atoms with Crippen molar-refractivity contribution in [3.63, 3.8) is 0 Å². The molecule has 1 aliphatic heterocycles. The highest BCUT2D eigenvalue weighted by Gasteiger charge is 2.37. The number of hydrogen-bond acceptors (Lipinski definition) is 5. The Labute approximate surface area is 150 Å². The normalized spacial score (nSPS) is 15.8. The number of amides is 2. The van der Waals surface area contributed by atoms with Crippen LogP contribution < -0.4 is 14.5 Å². The van der Waals surface area contributed by atoms with Gasteiger partial charge in [-0.05, 0) is 47.7 Å². The molecule has 0 unspecified atom stereocenters. The molecule has 1 fully saturated rings. The van der Waals surface area contributed by atoms with E-state index in [-0.39, 0.29) is 11.1 Å². The molecule has 1 aliphatic rings. The SMILES string of the molecule is COc1ccccc1N1C(=O)S/C(=C\c2ccc(N(C)C)cc2)C1=O. The molecule has 0 N–H and O–H groups in total. The lowest BCUT2D eigenvalue weighted by atomic mass is 10.2. The Balaban J connectivity index is 1.90. The molecular weight excluding hydrogens is 336 g/mol. The van der Waals surface area contributed by atoms with E-state index in [1.165, 1.54) is 7.11 Å². The summed E-state index contributed by atoms with van der Waals surface area (Å²) in [5.74, 6) is 0.151. The van der Waals surface area contributed by atoms with Gasteiger partial charge in [-0.15, -0.1) is 0 Å². The van der Waals surface area contributed by atoms with Crippen molar-refractivity contribution in [2.24, 2.45) is 0 Å². The van der Waals surface area contributed by atoms with Gasteiger partial charge in [0.05, 0.1) is 17.7 Å². The van der Waals surface area contributed by atoms with Crippen LogP contribution in [-0.2, 0) is 4.79 Å². The van der Waals surface area contributed by atoms with Gasteiger partial charge in [0.1, 0.15) is 5.75 Å². The zero-order valence-corrected chi connectivity index (χ0v) is 15.0. The molecule has 2 aromatic carbocycles. The number of nitrogens with zero attached hydrogens (tertiary/aromatic N) is 2. The van der Waals surface area contributed by atoms with Crippen LogP contribution in [0.5, 0.6) is 5.75 Å². The average molecular weight is 354 g/mol. The highest BCUT2D eigenvalue weighted by Crippen LogP contribution is 2.39. The van der Waals surface area contributed by atoms with Crippen LogP contribution in [0.3, 0.4) is 0 Å². The van der Waals surface area contributed by atoms with Crippen LogP contribution in [0.15, 0.2) is 53.4 Å². The van der Waals surface area contributed by atoms with Crippen LogP contribution in [0.25, 0.3) is 6.08 Å². The monoisotopic (exact) mass is 354 g/mol. The molecule has 0 aromatic heterocycles. The van der Waals surface area contributed by atoms with Gasteiger partial charge in [0.25, 0.3) is 11.1 Å². The molecule has 6 heteroatoms. The van der Waals surface area contributed by atoms with E-state index in [1.54, 1.807) is 30.3 Å². The lowest BCUT2D eigenvalue weighted by Crippen LogP contribution is -2.28. The topological polar surface area (TPSA) is 49.9 Å². The van der Waals surface area contributed by atoms with E-state index in [2.05, 4.69) is 0 Å². The van der Waals surface area contributed by atoms with Crippen LogP contribution in [0.4, 0.5) is 16.2 Å². The summed E-state index contributed by atoms with van der Waals surface area (Å²) in [6.07, 6.45) is 1.74. The first-order chi connectivity index (χ1) is 12.0. The first kappa shape index (κ1) is 17.1. The second kappa shape index (κ2) is 7.03. The highest BCUT2D eigenvalue weighted by molar-refractivity contribution is 8.19. The number of hydrogen-bond donors (Lipinski definition) is 0. The van der Waals surface area contributed by atoms with Crippen molar-refractivity contribution in [1.82, 2.24) is 0 Å². The van der Waals surface area contributed by atoms with Gasteiger partial charge in [0.15, 0.2) is 0 Å². The van der Waals surface area contributed by atoms with Crippen LogP contribution in [-0.4, -0.2) is 32.4 Å². The van der Waals surface area contributed by atoms with Gasteiger partial charge >= 0.3 is 0 Å². The van der Waals surface area contributed by atoms with E-state index in [0.29, 0.717) is 16.3 Å². The fourth-order valence-corrected chi connectivity index (χ4v) is 3.34. The Morgan fingerprint density at radius 2 is 1.72 bits per heavy atom. The molecule has 3 rings (SSSR count). The van der Waals surface area contributed by atoms with Gasteiger partial charge in [-0.2, -0.15) is 0 Å². The molecule has 25 heavy (non-hydrogen) atoms. The number of methoxy groups -OCH3 is 1. The summed E-state index contributed by atoms with van der Waals surface area (Å²) in [6, 6.07) is 14.8. The molecule has 0 saturated carbocycles. The maximum Gasteiger partial charge on any atom is 0.298 e. The molecule has 0 aliphatic carbocycles. The maximum absolute atomic E-state index is 12.7. The van der Waals surface area contributed by atoms with Crippen LogP contribution in [0.2, 0.25) is 0 Å². The van der Waals surface area contributed by atoms with Gasteiger partial charge in [-0.1, -0.05) is 24.3 Å². The molecular formula is C19H18N2O3S.